The fourth-order valence-electron chi connectivity index (χ4n) is 6.34. The zero-order chi connectivity index (χ0) is 31.2. The molecule has 2 heterocycles. The Morgan fingerprint density at radius 3 is 1.76 bits per heavy atom. The molecule has 7 heteroatoms. The standard InChI is InChI=1S/C39H35N7/c1-2-3-21-35-28-40-43-45(35)29-30-24-26-31(27-25-30)36-22-13-14-23-37(36)38-41-42-44-46(38)39(32-15-7-4-8-16-32,33-17-9-5-10-18-33)34-19-11-6-12-20-34/h4-20,22-28H,2-3,21,29H2,1H3. The highest BCUT2D eigenvalue weighted by Gasteiger charge is 2.42. The van der Waals surface area contributed by atoms with E-state index in [2.05, 4.69) is 138 Å². The third-order valence-electron chi connectivity index (χ3n) is 8.61. The zero-order valence-corrected chi connectivity index (χ0v) is 25.8. The molecular weight excluding hydrogens is 566 g/mol. The monoisotopic (exact) mass is 601 g/mol. The van der Waals surface area contributed by atoms with E-state index < -0.39 is 5.54 Å². The molecule has 0 spiro atoms. The molecule has 2 aromatic heterocycles. The minimum atomic E-state index is -0.827. The van der Waals surface area contributed by atoms with Crippen LogP contribution >= 0.6 is 0 Å². The van der Waals surface area contributed by atoms with E-state index in [0.717, 1.165) is 52.6 Å². The largest absolute Gasteiger partial charge is 0.245 e. The Bertz CT molecular complexity index is 1900. The normalized spacial score (nSPS) is 11.5. The van der Waals surface area contributed by atoms with Crippen molar-refractivity contribution in [1.82, 2.24) is 35.2 Å². The van der Waals surface area contributed by atoms with Crippen LogP contribution in [0.3, 0.4) is 0 Å². The van der Waals surface area contributed by atoms with Gasteiger partial charge >= 0.3 is 0 Å². The topological polar surface area (TPSA) is 74.3 Å². The molecule has 0 aliphatic heterocycles. The predicted octanol–water partition coefficient (Wildman–Crippen LogP) is 7.83. The van der Waals surface area contributed by atoms with Gasteiger partial charge in [-0.2, -0.15) is 0 Å². The lowest BCUT2D eigenvalue weighted by Crippen LogP contribution is -2.39. The van der Waals surface area contributed by atoms with Gasteiger partial charge in [-0.3, -0.25) is 0 Å². The van der Waals surface area contributed by atoms with E-state index in [-0.39, 0.29) is 0 Å². The summed E-state index contributed by atoms with van der Waals surface area (Å²) in [5, 5.41) is 22.3. The number of hydrogen-bond acceptors (Lipinski definition) is 5. The van der Waals surface area contributed by atoms with Gasteiger partial charge in [-0.1, -0.05) is 158 Å². The van der Waals surface area contributed by atoms with Gasteiger partial charge in [-0.25, -0.2) is 9.36 Å². The van der Waals surface area contributed by atoms with Gasteiger partial charge in [0.2, 0.25) is 0 Å². The first-order valence-electron chi connectivity index (χ1n) is 15.8. The Labute approximate surface area is 269 Å². The number of tetrazole rings is 1. The van der Waals surface area contributed by atoms with E-state index in [9.17, 15) is 0 Å². The van der Waals surface area contributed by atoms with Crippen molar-refractivity contribution in [3.8, 4) is 22.5 Å². The summed E-state index contributed by atoms with van der Waals surface area (Å²) in [6.45, 7) is 2.89. The second kappa shape index (κ2) is 13.1. The summed E-state index contributed by atoms with van der Waals surface area (Å²) >= 11 is 0. The van der Waals surface area contributed by atoms with Gasteiger partial charge in [0.05, 0.1) is 18.4 Å². The van der Waals surface area contributed by atoms with Gasteiger partial charge in [0.15, 0.2) is 5.82 Å². The van der Waals surface area contributed by atoms with Crippen LogP contribution in [0.25, 0.3) is 22.5 Å². The molecule has 5 aromatic carbocycles. The Balaban J connectivity index is 1.34. The first kappa shape index (κ1) is 29.0. The number of benzene rings is 5. The summed E-state index contributed by atoms with van der Waals surface area (Å²) in [5.41, 5.74) is 7.80. The molecule has 226 valence electrons. The summed E-state index contributed by atoms with van der Waals surface area (Å²) < 4.78 is 3.99. The van der Waals surface area contributed by atoms with E-state index >= 15 is 0 Å². The van der Waals surface area contributed by atoms with Gasteiger partial charge in [0.25, 0.3) is 0 Å². The fraction of sp³-hybridized carbons (Fsp3) is 0.154. The summed E-state index contributed by atoms with van der Waals surface area (Å²) in [5.74, 6) is 0.680. The Morgan fingerprint density at radius 2 is 1.17 bits per heavy atom. The summed E-state index contributed by atoms with van der Waals surface area (Å²) in [4.78, 5) is 0. The quantitative estimate of drug-likeness (QED) is 0.141. The van der Waals surface area contributed by atoms with Crippen molar-refractivity contribution in [1.29, 1.82) is 0 Å². The van der Waals surface area contributed by atoms with Crippen molar-refractivity contribution in [3.05, 3.63) is 174 Å². The SMILES string of the molecule is CCCCc1cnnn1Cc1ccc(-c2ccccc2-c2nnnn2C(c2ccccc2)(c2ccccc2)c2ccccc2)cc1. The van der Waals surface area contributed by atoms with Crippen molar-refractivity contribution < 1.29 is 0 Å². The zero-order valence-electron chi connectivity index (χ0n) is 25.8. The number of aryl methyl sites for hydroxylation is 1. The van der Waals surface area contributed by atoms with Gasteiger partial charge in [-0.05, 0) is 56.6 Å². The van der Waals surface area contributed by atoms with Crippen LogP contribution in [0.4, 0.5) is 0 Å². The van der Waals surface area contributed by atoms with Crippen LogP contribution < -0.4 is 0 Å². The molecule has 0 N–H and O–H groups in total. The summed E-state index contributed by atoms with van der Waals surface area (Å²) in [6.07, 6.45) is 5.14. The minimum absolute atomic E-state index is 0.680. The highest BCUT2D eigenvalue weighted by atomic mass is 15.6. The summed E-state index contributed by atoms with van der Waals surface area (Å²) in [7, 11) is 0. The van der Waals surface area contributed by atoms with Crippen LogP contribution in [0.5, 0.6) is 0 Å². The van der Waals surface area contributed by atoms with Crippen molar-refractivity contribution in [2.24, 2.45) is 0 Å². The average Bonchev–Trinajstić information content (AvgIpc) is 3.80. The second-order valence-corrected chi connectivity index (χ2v) is 11.5. The van der Waals surface area contributed by atoms with Crippen molar-refractivity contribution in [3.63, 3.8) is 0 Å². The van der Waals surface area contributed by atoms with Crippen LogP contribution in [0.15, 0.2) is 146 Å². The Hall–Kier alpha value is -5.69. The minimum Gasteiger partial charge on any atom is -0.245 e. The molecule has 0 saturated heterocycles. The van der Waals surface area contributed by atoms with E-state index in [1.165, 1.54) is 11.3 Å². The lowest BCUT2D eigenvalue weighted by atomic mass is 9.77. The number of hydrogen-bond donors (Lipinski definition) is 0. The molecule has 7 rings (SSSR count). The van der Waals surface area contributed by atoms with E-state index in [1.807, 2.05) is 39.8 Å². The molecular formula is C39H35N7. The van der Waals surface area contributed by atoms with Gasteiger partial charge in [0.1, 0.15) is 5.54 Å². The maximum atomic E-state index is 4.75. The first-order valence-corrected chi connectivity index (χ1v) is 15.8. The van der Waals surface area contributed by atoms with Gasteiger partial charge in [0, 0.05) is 5.56 Å². The molecule has 0 aliphatic carbocycles. The molecule has 7 aromatic rings. The lowest BCUT2D eigenvalue weighted by Gasteiger charge is -2.36. The van der Waals surface area contributed by atoms with Crippen LogP contribution in [-0.4, -0.2) is 35.2 Å². The predicted molar refractivity (Wildman–Crippen MR) is 181 cm³/mol. The molecule has 0 saturated carbocycles. The molecule has 0 unspecified atom stereocenters. The van der Waals surface area contributed by atoms with Crippen LogP contribution in [0, 0.1) is 0 Å². The molecule has 0 bridgehead atoms. The highest BCUT2D eigenvalue weighted by Crippen LogP contribution is 2.43. The Kier molecular flexibility index (Phi) is 8.28. The van der Waals surface area contributed by atoms with Crippen LogP contribution in [0.2, 0.25) is 0 Å². The van der Waals surface area contributed by atoms with Crippen molar-refractivity contribution in [2.45, 2.75) is 38.3 Å². The Morgan fingerprint density at radius 1 is 0.609 bits per heavy atom. The third-order valence-corrected chi connectivity index (χ3v) is 8.61. The summed E-state index contributed by atoms with van der Waals surface area (Å²) in [6, 6.07) is 48.5. The highest BCUT2D eigenvalue weighted by molar-refractivity contribution is 5.81. The van der Waals surface area contributed by atoms with E-state index in [1.54, 1.807) is 0 Å². The molecule has 7 nitrogen and oxygen atoms in total. The first-order chi connectivity index (χ1) is 22.8. The third kappa shape index (κ3) is 5.41. The number of unbranched alkanes of at least 4 members (excludes halogenated alkanes) is 1. The molecule has 0 fully saturated rings. The van der Waals surface area contributed by atoms with Gasteiger partial charge < -0.3 is 0 Å². The maximum Gasteiger partial charge on any atom is 0.184 e. The van der Waals surface area contributed by atoms with Crippen molar-refractivity contribution >= 4 is 0 Å². The second-order valence-electron chi connectivity index (χ2n) is 11.5. The van der Waals surface area contributed by atoms with E-state index in [0.29, 0.717) is 12.4 Å². The van der Waals surface area contributed by atoms with Crippen molar-refractivity contribution in [2.75, 3.05) is 0 Å². The molecule has 0 amide bonds. The van der Waals surface area contributed by atoms with E-state index in [4.69, 9.17) is 10.3 Å². The van der Waals surface area contributed by atoms with Crippen LogP contribution in [0.1, 0.15) is 47.7 Å². The maximum absolute atomic E-state index is 4.75. The van der Waals surface area contributed by atoms with Crippen LogP contribution in [-0.2, 0) is 18.5 Å². The van der Waals surface area contributed by atoms with Gasteiger partial charge in [-0.15, -0.1) is 10.2 Å². The fourth-order valence-corrected chi connectivity index (χ4v) is 6.34. The number of aromatic nitrogens is 7. The molecule has 0 radical (unpaired) electrons. The molecule has 0 aliphatic rings. The number of rotatable bonds is 11. The molecule has 0 atom stereocenters. The number of nitrogens with zero attached hydrogens (tertiary/aromatic N) is 7. The smallest absolute Gasteiger partial charge is 0.184 e. The lowest BCUT2D eigenvalue weighted by molar-refractivity contribution is 0.451. The average molecular weight is 602 g/mol. The molecule has 46 heavy (non-hydrogen) atoms.